The maximum atomic E-state index is 3.32. The molecule has 0 aromatic heterocycles. The third kappa shape index (κ3) is 2.67. The van der Waals surface area contributed by atoms with Crippen LogP contribution < -0.4 is 5.32 Å². The molecule has 0 bridgehead atoms. The van der Waals surface area contributed by atoms with Crippen LogP contribution in [0.1, 0.15) is 23.6 Å². The van der Waals surface area contributed by atoms with Gasteiger partial charge in [0, 0.05) is 6.54 Å². The molecule has 0 aliphatic heterocycles. The molecule has 1 aromatic carbocycles. The molecular weight excluding hydrogens is 146 g/mol. The molecular formula is C11H17N. The first-order valence-corrected chi connectivity index (χ1v) is 4.50. The van der Waals surface area contributed by atoms with Crippen molar-refractivity contribution >= 4 is 0 Å². The second kappa shape index (κ2) is 4.27. The van der Waals surface area contributed by atoms with Gasteiger partial charge in [0.25, 0.3) is 0 Å². The minimum Gasteiger partial charge on any atom is -0.313 e. The van der Waals surface area contributed by atoms with Crippen LogP contribution in [0.2, 0.25) is 0 Å². The fourth-order valence-electron chi connectivity index (χ4n) is 1.44. The summed E-state index contributed by atoms with van der Waals surface area (Å²) in [5, 5.41) is 3.32. The summed E-state index contributed by atoms with van der Waals surface area (Å²) in [5.74, 6) is 0. The van der Waals surface area contributed by atoms with Crippen molar-refractivity contribution in [3.05, 3.63) is 34.9 Å². The minimum atomic E-state index is 0.985. The highest BCUT2D eigenvalue weighted by atomic mass is 14.8. The van der Waals surface area contributed by atoms with E-state index < -0.39 is 0 Å². The Morgan fingerprint density at radius 3 is 2.17 bits per heavy atom. The minimum absolute atomic E-state index is 0.985. The lowest BCUT2D eigenvalue weighted by Crippen LogP contribution is -2.11. The lowest BCUT2D eigenvalue weighted by atomic mass is 10.1. The molecule has 1 N–H and O–H groups in total. The topological polar surface area (TPSA) is 12.0 Å². The van der Waals surface area contributed by atoms with Gasteiger partial charge in [0.1, 0.15) is 0 Å². The van der Waals surface area contributed by atoms with Crippen LogP contribution in [0.4, 0.5) is 0 Å². The van der Waals surface area contributed by atoms with E-state index in [1.165, 1.54) is 16.7 Å². The van der Waals surface area contributed by atoms with Crippen LogP contribution in [0.25, 0.3) is 0 Å². The maximum absolute atomic E-state index is 3.32. The summed E-state index contributed by atoms with van der Waals surface area (Å²) in [6, 6.07) is 6.67. The molecule has 0 atom stereocenters. The summed E-state index contributed by atoms with van der Waals surface area (Å²) < 4.78 is 0. The zero-order valence-electron chi connectivity index (χ0n) is 8.15. The second-order valence-corrected chi connectivity index (χ2v) is 3.28. The summed E-state index contributed by atoms with van der Waals surface area (Å²) in [7, 11) is 0. The van der Waals surface area contributed by atoms with Crippen LogP contribution in [0.5, 0.6) is 0 Å². The first-order chi connectivity index (χ1) is 5.72. The van der Waals surface area contributed by atoms with Crippen molar-refractivity contribution in [3.63, 3.8) is 0 Å². The molecule has 0 spiro atoms. The Morgan fingerprint density at radius 2 is 1.67 bits per heavy atom. The summed E-state index contributed by atoms with van der Waals surface area (Å²) >= 11 is 0. The molecule has 0 fully saturated rings. The zero-order valence-corrected chi connectivity index (χ0v) is 8.15. The van der Waals surface area contributed by atoms with Crippen molar-refractivity contribution in [3.8, 4) is 0 Å². The highest BCUT2D eigenvalue weighted by Crippen LogP contribution is 2.08. The molecule has 0 aliphatic carbocycles. The number of aryl methyl sites for hydroxylation is 2. The fraction of sp³-hybridized carbons (Fsp3) is 0.455. The summed E-state index contributed by atoms with van der Waals surface area (Å²) in [5.41, 5.74) is 4.08. The van der Waals surface area contributed by atoms with Crippen LogP contribution in [0.3, 0.4) is 0 Å². The van der Waals surface area contributed by atoms with Gasteiger partial charge in [0.2, 0.25) is 0 Å². The second-order valence-electron chi connectivity index (χ2n) is 3.28. The monoisotopic (exact) mass is 163 g/mol. The van der Waals surface area contributed by atoms with Crippen LogP contribution in [-0.2, 0) is 6.54 Å². The Morgan fingerprint density at radius 1 is 1.08 bits per heavy atom. The zero-order chi connectivity index (χ0) is 8.97. The van der Waals surface area contributed by atoms with Crippen molar-refractivity contribution in [2.75, 3.05) is 6.54 Å². The smallest absolute Gasteiger partial charge is 0.0205 e. The summed E-state index contributed by atoms with van der Waals surface area (Å²) in [4.78, 5) is 0. The molecule has 0 saturated carbocycles. The number of hydrogen-bond donors (Lipinski definition) is 1. The van der Waals surface area contributed by atoms with Crippen molar-refractivity contribution in [2.24, 2.45) is 0 Å². The van der Waals surface area contributed by atoms with Gasteiger partial charge in [-0.15, -0.1) is 0 Å². The number of nitrogens with one attached hydrogen (secondary N) is 1. The maximum Gasteiger partial charge on any atom is 0.0205 e. The molecule has 0 aliphatic rings. The van der Waals surface area contributed by atoms with Gasteiger partial charge < -0.3 is 5.32 Å². The number of benzene rings is 1. The molecule has 0 saturated heterocycles. The average molecular weight is 163 g/mol. The van der Waals surface area contributed by atoms with E-state index in [-0.39, 0.29) is 0 Å². The van der Waals surface area contributed by atoms with Gasteiger partial charge in [-0.2, -0.15) is 0 Å². The first-order valence-electron chi connectivity index (χ1n) is 4.50. The molecule has 12 heavy (non-hydrogen) atoms. The fourth-order valence-corrected chi connectivity index (χ4v) is 1.44. The summed E-state index contributed by atoms with van der Waals surface area (Å²) in [6.45, 7) is 8.43. The van der Waals surface area contributed by atoms with Crippen molar-refractivity contribution in [1.82, 2.24) is 5.32 Å². The molecule has 66 valence electrons. The molecule has 0 unspecified atom stereocenters. The van der Waals surface area contributed by atoms with Gasteiger partial charge in [-0.05, 0) is 26.0 Å². The third-order valence-electron chi connectivity index (χ3n) is 1.86. The van der Waals surface area contributed by atoms with Gasteiger partial charge >= 0.3 is 0 Å². The van der Waals surface area contributed by atoms with Gasteiger partial charge in [0.15, 0.2) is 0 Å². The van der Waals surface area contributed by atoms with Crippen LogP contribution >= 0.6 is 0 Å². The Balaban J connectivity index is 2.72. The lowest BCUT2D eigenvalue weighted by Gasteiger charge is -2.04. The SMILES string of the molecule is CCNCc1cc(C)cc(C)c1. The van der Waals surface area contributed by atoms with E-state index in [0.29, 0.717) is 0 Å². The molecule has 0 amide bonds. The number of hydrogen-bond acceptors (Lipinski definition) is 1. The summed E-state index contributed by atoms with van der Waals surface area (Å²) in [6.07, 6.45) is 0. The normalized spacial score (nSPS) is 10.2. The first kappa shape index (κ1) is 9.27. The van der Waals surface area contributed by atoms with Crippen molar-refractivity contribution in [2.45, 2.75) is 27.3 Å². The molecule has 1 aromatic rings. The van der Waals surface area contributed by atoms with E-state index in [1.807, 2.05) is 0 Å². The van der Waals surface area contributed by atoms with E-state index >= 15 is 0 Å². The molecule has 0 radical (unpaired) electrons. The van der Waals surface area contributed by atoms with E-state index in [9.17, 15) is 0 Å². The number of rotatable bonds is 3. The van der Waals surface area contributed by atoms with Gasteiger partial charge in [0.05, 0.1) is 0 Å². The van der Waals surface area contributed by atoms with E-state index in [2.05, 4.69) is 44.3 Å². The van der Waals surface area contributed by atoms with E-state index in [4.69, 9.17) is 0 Å². The standard InChI is InChI=1S/C11H17N/c1-4-12-8-11-6-9(2)5-10(3)7-11/h5-7,12H,4,8H2,1-3H3. The highest BCUT2D eigenvalue weighted by Gasteiger charge is 1.93. The predicted molar refractivity (Wildman–Crippen MR) is 53.3 cm³/mol. The van der Waals surface area contributed by atoms with Gasteiger partial charge in [-0.25, -0.2) is 0 Å². The van der Waals surface area contributed by atoms with Gasteiger partial charge in [-0.3, -0.25) is 0 Å². The van der Waals surface area contributed by atoms with Crippen LogP contribution in [0, 0.1) is 13.8 Å². The largest absolute Gasteiger partial charge is 0.313 e. The Labute approximate surface area is 74.8 Å². The third-order valence-corrected chi connectivity index (χ3v) is 1.86. The van der Waals surface area contributed by atoms with E-state index in [1.54, 1.807) is 0 Å². The molecule has 1 heteroatoms. The van der Waals surface area contributed by atoms with Crippen LogP contribution in [-0.4, -0.2) is 6.54 Å². The molecule has 1 nitrogen and oxygen atoms in total. The van der Waals surface area contributed by atoms with Crippen molar-refractivity contribution in [1.29, 1.82) is 0 Å². The predicted octanol–water partition coefficient (Wildman–Crippen LogP) is 2.41. The molecule has 1 rings (SSSR count). The lowest BCUT2D eigenvalue weighted by molar-refractivity contribution is 0.726. The Kier molecular flexibility index (Phi) is 3.30. The Bertz CT molecular complexity index is 233. The van der Waals surface area contributed by atoms with Gasteiger partial charge in [-0.1, -0.05) is 36.2 Å². The van der Waals surface area contributed by atoms with Crippen LogP contribution in [0.15, 0.2) is 18.2 Å². The Hall–Kier alpha value is -0.820. The van der Waals surface area contributed by atoms with Crippen molar-refractivity contribution < 1.29 is 0 Å². The quantitative estimate of drug-likeness (QED) is 0.721. The molecule has 0 heterocycles. The van der Waals surface area contributed by atoms with E-state index in [0.717, 1.165) is 13.1 Å². The average Bonchev–Trinajstić information content (AvgIpc) is 1.99. The highest BCUT2D eigenvalue weighted by molar-refractivity contribution is 5.28.